The highest BCUT2D eigenvalue weighted by molar-refractivity contribution is 5.85. The maximum atomic E-state index is 3.32. The van der Waals surface area contributed by atoms with Crippen LogP contribution in [0.2, 0.25) is 0 Å². The van der Waals surface area contributed by atoms with Crippen molar-refractivity contribution >= 4 is 12.4 Å². The van der Waals surface area contributed by atoms with Crippen LogP contribution in [0.1, 0.15) is 6.42 Å². The lowest BCUT2D eigenvalue weighted by Gasteiger charge is -1.87. The molecular formula is C5H10ClN. The van der Waals surface area contributed by atoms with Gasteiger partial charge in [0.25, 0.3) is 0 Å². The molecule has 1 aliphatic heterocycles. The average molecular weight is 120 g/mol. The minimum Gasteiger partial charge on any atom is -0.316 e. The van der Waals surface area contributed by atoms with Crippen molar-refractivity contribution < 1.29 is 0 Å². The summed E-state index contributed by atoms with van der Waals surface area (Å²) in [6.07, 6.45) is 1.52. The van der Waals surface area contributed by atoms with E-state index >= 15 is 0 Å². The van der Waals surface area contributed by atoms with Crippen molar-refractivity contribution in [1.82, 2.24) is 5.32 Å². The average Bonchev–Trinajstić information content (AvgIpc) is 2.17. The van der Waals surface area contributed by atoms with Crippen LogP contribution in [-0.4, -0.2) is 13.1 Å². The van der Waals surface area contributed by atoms with E-state index in [1.54, 1.807) is 0 Å². The van der Waals surface area contributed by atoms with Crippen LogP contribution in [0.4, 0.5) is 0 Å². The van der Waals surface area contributed by atoms with Crippen LogP contribution >= 0.6 is 12.4 Å². The number of piperidine rings is 1. The van der Waals surface area contributed by atoms with Gasteiger partial charge in [0, 0.05) is 0 Å². The summed E-state index contributed by atoms with van der Waals surface area (Å²) in [5.74, 6) is 2.20. The number of halogens is 1. The van der Waals surface area contributed by atoms with Crippen LogP contribution in [0.3, 0.4) is 0 Å². The van der Waals surface area contributed by atoms with E-state index in [0.717, 1.165) is 11.8 Å². The first kappa shape index (κ1) is 5.39. The van der Waals surface area contributed by atoms with E-state index in [1.165, 1.54) is 19.5 Å². The molecule has 2 heteroatoms. The molecule has 0 amide bonds. The molecule has 0 aromatic heterocycles. The Hall–Kier alpha value is 0.250. The Bertz CT molecular complexity index is 66.5. The Morgan fingerprint density at radius 3 is 1.86 bits per heavy atom. The third kappa shape index (κ3) is 0.752. The van der Waals surface area contributed by atoms with Gasteiger partial charge in [-0.25, -0.2) is 0 Å². The van der Waals surface area contributed by atoms with Crippen molar-refractivity contribution in [3.63, 3.8) is 0 Å². The monoisotopic (exact) mass is 119 g/mol. The second-order valence-electron chi connectivity index (χ2n) is 2.41. The third-order valence-corrected chi connectivity index (χ3v) is 1.88. The van der Waals surface area contributed by atoms with Gasteiger partial charge in [0.15, 0.2) is 0 Å². The lowest BCUT2D eigenvalue weighted by atomic mass is 10.4. The molecule has 0 aromatic rings. The van der Waals surface area contributed by atoms with Crippen molar-refractivity contribution in [3.8, 4) is 0 Å². The minimum absolute atomic E-state index is 0. The highest BCUT2D eigenvalue weighted by Gasteiger charge is 2.40. The summed E-state index contributed by atoms with van der Waals surface area (Å²) in [4.78, 5) is 0. The van der Waals surface area contributed by atoms with Gasteiger partial charge in [0.1, 0.15) is 0 Å². The fourth-order valence-corrected chi connectivity index (χ4v) is 1.26. The number of nitrogens with one attached hydrogen (secondary N) is 1. The number of hydrogen-bond donors (Lipinski definition) is 1. The van der Waals surface area contributed by atoms with Crippen molar-refractivity contribution in [2.24, 2.45) is 11.8 Å². The summed E-state index contributed by atoms with van der Waals surface area (Å²) in [6, 6.07) is 0. The van der Waals surface area contributed by atoms with Gasteiger partial charge in [-0.15, -0.1) is 12.4 Å². The molecule has 1 aliphatic carbocycles. The van der Waals surface area contributed by atoms with Crippen LogP contribution in [0, 0.1) is 11.8 Å². The fourth-order valence-electron chi connectivity index (χ4n) is 1.26. The molecule has 1 nitrogen and oxygen atoms in total. The molecular weight excluding hydrogens is 110 g/mol. The molecule has 2 rings (SSSR count). The van der Waals surface area contributed by atoms with E-state index in [2.05, 4.69) is 5.32 Å². The SMILES string of the molecule is C1NC[C@H]2C[C@@H]12.Cl. The zero-order valence-electron chi connectivity index (χ0n) is 4.18. The summed E-state index contributed by atoms with van der Waals surface area (Å²) >= 11 is 0. The van der Waals surface area contributed by atoms with E-state index in [-0.39, 0.29) is 12.4 Å². The first-order valence-electron chi connectivity index (χ1n) is 2.67. The smallest absolute Gasteiger partial charge is 0.00172 e. The van der Waals surface area contributed by atoms with Crippen molar-refractivity contribution in [3.05, 3.63) is 0 Å². The van der Waals surface area contributed by atoms with Gasteiger partial charge < -0.3 is 5.32 Å². The predicted molar refractivity (Wildman–Crippen MR) is 31.7 cm³/mol. The topological polar surface area (TPSA) is 12.0 Å². The quantitative estimate of drug-likeness (QED) is 0.494. The number of hydrogen-bond acceptors (Lipinski definition) is 1. The second kappa shape index (κ2) is 1.64. The summed E-state index contributed by atoms with van der Waals surface area (Å²) in [5.41, 5.74) is 0. The van der Waals surface area contributed by atoms with Crippen LogP contribution in [0.5, 0.6) is 0 Å². The Balaban J connectivity index is 0.000000245. The Kier molecular flexibility index (Phi) is 1.26. The first-order valence-corrected chi connectivity index (χ1v) is 2.67. The summed E-state index contributed by atoms with van der Waals surface area (Å²) < 4.78 is 0. The summed E-state index contributed by atoms with van der Waals surface area (Å²) in [5, 5.41) is 3.32. The lowest BCUT2D eigenvalue weighted by molar-refractivity contribution is 0.732. The molecule has 1 heterocycles. The normalized spacial score (nSPS) is 44.6. The van der Waals surface area contributed by atoms with Crippen LogP contribution in [-0.2, 0) is 0 Å². The molecule has 7 heavy (non-hydrogen) atoms. The molecule has 42 valence electrons. The van der Waals surface area contributed by atoms with Gasteiger partial charge in [0.2, 0.25) is 0 Å². The molecule has 0 unspecified atom stereocenters. The molecule has 1 N–H and O–H groups in total. The minimum atomic E-state index is 0. The van der Waals surface area contributed by atoms with E-state index in [4.69, 9.17) is 0 Å². The molecule has 2 fully saturated rings. The Morgan fingerprint density at radius 1 is 1.14 bits per heavy atom. The van der Waals surface area contributed by atoms with Crippen LogP contribution < -0.4 is 5.32 Å². The summed E-state index contributed by atoms with van der Waals surface area (Å²) in [6.45, 7) is 2.62. The van der Waals surface area contributed by atoms with E-state index < -0.39 is 0 Å². The maximum absolute atomic E-state index is 3.32. The van der Waals surface area contributed by atoms with Gasteiger partial charge in [-0.3, -0.25) is 0 Å². The molecule has 0 bridgehead atoms. The third-order valence-electron chi connectivity index (χ3n) is 1.88. The van der Waals surface area contributed by atoms with E-state index in [1.807, 2.05) is 0 Å². The van der Waals surface area contributed by atoms with Gasteiger partial charge in [-0.1, -0.05) is 0 Å². The highest BCUT2D eigenvalue weighted by atomic mass is 35.5. The van der Waals surface area contributed by atoms with Crippen molar-refractivity contribution in [1.29, 1.82) is 0 Å². The zero-order valence-corrected chi connectivity index (χ0v) is 5.00. The van der Waals surface area contributed by atoms with Crippen LogP contribution in [0.15, 0.2) is 0 Å². The van der Waals surface area contributed by atoms with Gasteiger partial charge in [-0.05, 0) is 31.3 Å². The fraction of sp³-hybridized carbons (Fsp3) is 1.00. The highest BCUT2D eigenvalue weighted by Crippen LogP contribution is 2.40. The van der Waals surface area contributed by atoms with Crippen molar-refractivity contribution in [2.45, 2.75) is 6.42 Å². The van der Waals surface area contributed by atoms with E-state index in [0.29, 0.717) is 0 Å². The number of rotatable bonds is 0. The standard InChI is InChI=1S/C5H9N.ClH/c1-4-2-6-3-5(1)4;/h4-6H,1-3H2;1H/t4-,5+;. The second-order valence-corrected chi connectivity index (χ2v) is 2.41. The zero-order chi connectivity index (χ0) is 3.98. The van der Waals surface area contributed by atoms with Crippen molar-refractivity contribution in [2.75, 3.05) is 13.1 Å². The van der Waals surface area contributed by atoms with Crippen LogP contribution in [0.25, 0.3) is 0 Å². The predicted octanol–water partition coefficient (Wildman–Crippen LogP) is 0.647. The lowest BCUT2D eigenvalue weighted by Crippen LogP contribution is -2.10. The summed E-state index contributed by atoms with van der Waals surface area (Å²) in [7, 11) is 0. The first-order chi connectivity index (χ1) is 2.97. The molecule has 0 spiro atoms. The molecule has 1 saturated carbocycles. The van der Waals surface area contributed by atoms with Gasteiger partial charge in [0.05, 0.1) is 0 Å². The molecule has 1 saturated heterocycles. The molecule has 2 aliphatic rings. The molecule has 0 aromatic carbocycles. The van der Waals surface area contributed by atoms with Gasteiger partial charge >= 0.3 is 0 Å². The molecule has 0 radical (unpaired) electrons. The van der Waals surface area contributed by atoms with E-state index in [9.17, 15) is 0 Å². The Labute approximate surface area is 49.9 Å². The maximum Gasteiger partial charge on any atom is -0.00172 e. The Morgan fingerprint density at radius 2 is 1.71 bits per heavy atom. The van der Waals surface area contributed by atoms with Gasteiger partial charge in [-0.2, -0.15) is 0 Å². The number of fused-ring (bicyclic) bond motifs is 1. The largest absolute Gasteiger partial charge is 0.316 e. The molecule has 2 atom stereocenters.